The average Bonchev–Trinajstić information content (AvgIpc) is 2.72. The fourth-order valence-corrected chi connectivity index (χ4v) is 2.88. The van der Waals surface area contributed by atoms with Gasteiger partial charge in [-0.1, -0.05) is 23.2 Å². The molecule has 0 saturated carbocycles. The van der Waals surface area contributed by atoms with Crippen LogP contribution < -0.4 is 14.8 Å². The van der Waals surface area contributed by atoms with Crippen molar-refractivity contribution >= 4 is 52.5 Å². The molecule has 1 unspecified atom stereocenters. The number of nitrogens with zero attached hydrogens (tertiary/aromatic N) is 1. The van der Waals surface area contributed by atoms with E-state index in [0.29, 0.717) is 17.1 Å². The first-order chi connectivity index (χ1) is 14.7. The van der Waals surface area contributed by atoms with Gasteiger partial charge in [0, 0.05) is 18.2 Å². The quantitative estimate of drug-likeness (QED) is 0.262. The highest BCUT2D eigenvalue weighted by Crippen LogP contribution is 2.36. The number of nitrogens with one attached hydrogen (secondary N) is 1. The summed E-state index contributed by atoms with van der Waals surface area (Å²) in [6, 6.07) is 6.76. The zero-order valence-electron chi connectivity index (χ0n) is 16.7. The topological polar surface area (TPSA) is 117 Å². The number of anilines is 1. The highest BCUT2D eigenvalue weighted by atomic mass is 35.5. The minimum atomic E-state index is -1.19. The number of carbonyl (C=O) groups excluding carboxylic acids is 2. The van der Waals surface area contributed by atoms with Gasteiger partial charge in [0.25, 0.3) is 11.6 Å². The molecule has 2 aromatic carbocycles. The van der Waals surface area contributed by atoms with Crippen LogP contribution in [0, 0.1) is 10.1 Å². The van der Waals surface area contributed by atoms with E-state index in [2.05, 4.69) is 5.32 Å². The number of hydrogen-bond donors (Lipinski definition) is 1. The van der Waals surface area contributed by atoms with Crippen molar-refractivity contribution in [1.82, 2.24) is 0 Å². The third kappa shape index (κ3) is 6.34. The number of hydrogen-bond acceptors (Lipinski definition) is 7. The lowest BCUT2D eigenvalue weighted by molar-refractivity contribution is -0.384. The fourth-order valence-electron chi connectivity index (χ4n) is 2.42. The molecule has 0 bridgehead atoms. The molecular weight excluding hydrogens is 451 g/mol. The van der Waals surface area contributed by atoms with Crippen LogP contribution in [-0.2, 0) is 14.3 Å². The number of nitro benzene ring substituents is 1. The molecule has 2 rings (SSSR count). The van der Waals surface area contributed by atoms with E-state index in [1.807, 2.05) is 0 Å². The van der Waals surface area contributed by atoms with E-state index < -0.39 is 22.9 Å². The molecule has 0 aliphatic carbocycles. The lowest BCUT2D eigenvalue weighted by Crippen LogP contribution is -2.29. The largest absolute Gasteiger partial charge is 0.493 e. The first-order valence-electron chi connectivity index (χ1n) is 8.71. The predicted molar refractivity (Wildman–Crippen MR) is 116 cm³/mol. The van der Waals surface area contributed by atoms with Crippen LogP contribution in [0.25, 0.3) is 6.08 Å². The van der Waals surface area contributed by atoms with Crippen molar-refractivity contribution in [1.29, 1.82) is 0 Å². The van der Waals surface area contributed by atoms with E-state index in [-0.39, 0.29) is 21.4 Å². The molecule has 0 aliphatic heterocycles. The molecule has 1 amide bonds. The Bertz CT molecular complexity index is 1040. The number of halogens is 2. The Hall–Kier alpha value is -3.30. The molecule has 1 N–H and O–H groups in total. The lowest BCUT2D eigenvalue weighted by atomic mass is 10.2. The van der Waals surface area contributed by atoms with Crippen LogP contribution in [0.2, 0.25) is 10.0 Å². The normalized spacial score (nSPS) is 11.6. The van der Waals surface area contributed by atoms with Gasteiger partial charge in [0.2, 0.25) is 0 Å². The minimum Gasteiger partial charge on any atom is -0.493 e. The van der Waals surface area contributed by atoms with Crippen LogP contribution in [0.5, 0.6) is 11.5 Å². The van der Waals surface area contributed by atoms with Gasteiger partial charge in [-0.3, -0.25) is 14.9 Å². The van der Waals surface area contributed by atoms with E-state index >= 15 is 0 Å². The van der Waals surface area contributed by atoms with Crippen molar-refractivity contribution in [3.8, 4) is 11.5 Å². The second kappa shape index (κ2) is 10.6. The van der Waals surface area contributed by atoms with Crippen LogP contribution in [-0.4, -0.2) is 37.1 Å². The number of amides is 1. The first-order valence-corrected chi connectivity index (χ1v) is 9.46. The van der Waals surface area contributed by atoms with Crippen molar-refractivity contribution in [3.05, 3.63) is 62.1 Å². The van der Waals surface area contributed by atoms with E-state index in [4.69, 9.17) is 37.4 Å². The molecule has 0 heterocycles. The molecule has 11 heteroatoms. The van der Waals surface area contributed by atoms with Gasteiger partial charge in [-0.15, -0.1) is 0 Å². The maximum Gasteiger partial charge on any atom is 0.331 e. The van der Waals surface area contributed by atoms with Gasteiger partial charge in [-0.25, -0.2) is 4.79 Å². The monoisotopic (exact) mass is 468 g/mol. The number of rotatable bonds is 8. The third-order valence-corrected chi connectivity index (χ3v) is 4.56. The smallest absolute Gasteiger partial charge is 0.331 e. The Kier molecular flexibility index (Phi) is 8.23. The molecule has 0 aliphatic rings. The Morgan fingerprint density at radius 2 is 1.84 bits per heavy atom. The molecule has 9 nitrogen and oxygen atoms in total. The number of non-ortho nitro benzene ring substituents is 1. The second-order valence-electron chi connectivity index (χ2n) is 6.06. The fraction of sp³-hybridized carbons (Fsp3) is 0.200. The zero-order valence-corrected chi connectivity index (χ0v) is 18.2. The molecule has 0 fully saturated rings. The summed E-state index contributed by atoms with van der Waals surface area (Å²) in [5.41, 5.74) is 0.320. The Balaban J connectivity index is 2.04. The molecule has 0 radical (unpaired) electrons. The zero-order chi connectivity index (χ0) is 23.1. The van der Waals surface area contributed by atoms with Crippen LogP contribution in [0.3, 0.4) is 0 Å². The number of benzene rings is 2. The Labute approximate surface area is 187 Å². The summed E-state index contributed by atoms with van der Waals surface area (Å²) in [4.78, 5) is 34.6. The molecule has 31 heavy (non-hydrogen) atoms. The van der Waals surface area contributed by atoms with E-state index in [9.17, 15) is 19.7 Å². The number of ether oxygens (including phenoxy) is 3. The first kappa shape index (κ1) is 24.0. The van der Waals surface area contributed by atoms with Crippen LogP contribution in [0.4, 0.5) is 11.4 Å². The Morgan fingerprint density at radius 3 is 2.45 bits per heavy atom. The van der Waals surface area contributed by atoms with Crippen LogP contribution >= 0.6 is 23.2 Å². The summed E-state index contributed by atoms with van der Waals surface area (Å²) < 4.78 is 15.4. The van der Waals surface area contributed by atoms with Gasteiger partial charge >= 0.3 is 5.97 Å². The van der Waals surface area contributed by atoms with Gasteiger partial charge in [0.05, 0.1) is 34.9 Å². The lowest BCUT2D eigenvalue weighted by Gasteiger charge is -2.13. The third-order valence-electron chi connectivity index (χ3n) is 3.95. The van der Waals surface area contributed by atoms with Gasteiger partial charge in [-0.2, -0.15) is 0 Å². The molecule has 164 valence electrons. The summed E-state index contributed by atoms with van der Waals surface area (Å²) in [6.45, 7) is 1.35. The number of esters is 1. The maximum atomic E-state index is 12.3. The average molecular weight is 469 g/mol. The van der Waals surface area contributed by atoms with Crippen molar-refractivity contribution in [2.24, 2.45) is 0 Å². The molecular formula is C20H18Cl2N2O7. The van der Waals surface area contributed by atoms with E-state index in [1.54, 1.807) is 12.1 Å². The van der Waals surface area contributed by atoms with Gasteiger partial charge in [0.15, 0.2) is 17.6 Å². The van der Waals surface area contributed by atoms with Crippen molar-refractivity contribution < 1.29 is 28.7 Å². The minimum absolute atomic E-state index is 0.0271. The standard InChI is InChI=1S/C20H18Cl2N2O7/c1-11(20(26)23-16-10-13(24(27)28)5-6-14(16)21)31-18(25)7-4-12-8-15(22)19(30-3)17(9-12)29-2/h4-11H,1-3H3,(H,23,26)/b7-4+. The maximum absolute atomic E-state index is 12.3. The summed E-state index contributed by atoms with van der Waals surface area (Å²) in [5.74, 6) is -0.768. The van der Waals surface area contributed by atoms with Crippen molar-refractivity contribution in [3.63, 3.8) is 0 Å². The molecule has 0 aromatic heterocycles. The van der Waals surface area contributed by atoms with Gasteiger partial charge in [0.1, 0.15) is 0 Å². The highest BCUT2D eigenvalue weighted by molar-refractivity contribution is 6.34. The van der Waals surface area contributed by atoms with Crippen LogP contribution in [0.1, 0.15) is 12.5 Å². The predicted octanol–water partition coefficient (Wildman–Crippen LogP) is 4.50. The molecule has 2 aromatic rings. The van der Waals surface area contributed by atoms with Crippen LogP contribution in [0.15, 0.2) is 36.4 Å². The molecule has 0 saturated heterocycles. The SMILES string of the molecule is COc1cc(/C=C/C(=O)OC(C)C(=O)Nc2cc([N+](=O)[O-])ccc2Cl)cc(Cl)c1OC. The molecule has 0 spiro atoms. The summed E-state index contributed by atoms with van der Waals surface area (Å²) in [5, 5.41) is 13.6. The van der Waals surface area contributed by atoms with Crippen molar-refractivity contribution in [2.75, 3.05) is 19.5 Å². The number of methoxy groups -OCH3 is 2. The van der Waals surface area contributed by atoms with Gasteiger partial charge < -0.3 is 19.5 Å². The summed E-state index contributed by atoms with van der Waals surface area (Å²) in [7, 11) is 2.90. The summed E-state index contributed by atoms with van der Waals surface area (Å²) in [6.07, 6.45) is 1.35. The van der Waals surface area contributed by atoms with E-state index in [1.165, 1.54) is 39.4 Å². The Morgan fingerprint density at radius 1 is 1.13 bits per heavy atom. The molecule has 1 atom stereocenters. The highest BCUT2D eigenvalue weighted by Gasteiger charge is 2.19. The van der Waals surface area contributed by atoms with E-state index in [0.717, 1.165) is 12.1 Å². The summed E-state index contributed by atoms with van der Waals surface area (Å²) >= 11 is 12.1. The number of carbonyl (C=O) groups is 2. The van der Waals surface area contributed by atoms with Gasteiger partial charge in [-0.05, 0) is 36.8 Å². The van der Waals surface area contributed by atoms with Crippen molar-refractivity contribution in [2.45, 2.75) is 13.0 Å². The second-order valence-corrected chi connectivity index (χ2v) is 6.88. The number of nitro groups is 1.